The van der Waals surface area contributed by atoms with Gasteiger partial charge >= 0.3 is 0 Å². The van der Waals surface area contributed by atoms with Gasteiger partial charge in [-0.1, -0.05) is 0 Å². The van der Waals surface area contributed by atoms with Gasteiger partial charge in [0.05, 0.1) is 6.54 Å². The van der Waals surface area contributed by atoms with E-state index < -0.39 is 6.43 Å². The summed E-state index contributed by atoms with van der Waals surface area (Å²) >= 11 is 0. The smallest absolute Gasteiger partial charge is 0.256 e. The van der Waals surface area contributed by atoms with Gasteiger partial charge < -0.3 is 9.67 Å². The molecule has 0 aliphatic heterocycles. The van der Waals surface area contributed by atoms with E-state index >= 15 is 0 Å². The van der Waals surface area contributed by atoms with Crippen LogP contribution < -0.4 is 0 Å². The molecule has 0 aliphatic rings. The molecule has 14 heavy (non-hydrogen) atoms. The van der Waals surface area contributed by atoms with Crippen molar-refractivity contribution in [3.63, 3.8) is 0 Å². The fourth-order valence-electron chi connectivity index (χ4n) is 1.50. The third-order valence-electron chi connectivity index (χ3n) is 2.09. The largest absolute Gasteiger partial charge is 0.508 e. The molecule has 0 bridgehead atoms. The highest BCUT2D eigenvalue weighted by Gasteiger charge is 2.07. The zero-order valence-electron chi connectivity index (χ0n) is 7.32. The van der Waals surface area contributed by atoms with Crippen molar-refractivity contribution in [3.05, 3.63) is 30.5 Å². The Morgan fingerprint density at radius 3 is 2.79 bits per heavy atom. The van der Waals surface area contributed by atoms with Gasteiger partial charge in [0.15, 0.2) is 0 Å². The number of alkyl halides is 2. The zero-order valence-corrected chi connectivity index (χ0v) is 7.32. The maximum atomic E-state index is 12.1. The summed E-state index contributed by atoms with van der Waals surface area (Å²) < 4.78 is 25.7. The molecule has 0 unspecified atom stereocenters. The first-order chi connectivity index (χ1) is 6.66. The Bertz CT molecular complexity index is 450. The normalized spacial score (nSPS) is 11.4. The number of phenols is 1. The lowest BCUT2D eigenvalue weighted by atomic mass is 10.2. The second-order valence-electron chi connectivity index (χ2n) is 3.10. The number of benzene rings is 1. The zero-order chi connectivity index (χ0) is 10.1. The SMILES string of the molecule is Oc1ccc2c(ccn2CC(F)F)c1. The minimum absolute atomic E-state index is 0.146. The molecule has 2 aromatic rings. The third kappa shape index (κ3) is 1.55. The van der Waals surface area contributed by atoms with E-state index in [-0.39, 0.29) is 12.3 Å². The molecule has 1 aromatic carbocycles. The van der Waals surface area contributed by atoms with Crippen LogP contribution in [0.15, 0.2) is 30.5 Å². The Hall–Kier alpha value is -1.58. The molecule has 0 fully saturated rings. The highest BCUT2D eigenvalue weighted by molar-refractivity contribution is 5.81. The molecule has 0 amide bonds. The van der Waals surface area contributed by atoms with Gasteiger partial charge in [0.25, 0.3) is 6.43 Å². The van der Waals surface area contributed by atoms with Gasteiger partial charge in [0.2, 0.25) is 0 Å². The summed E-state index contributed by atoms with van der Waals surface area (Å²) in [6, 6.07) is 6.38. The number of nitrogens with zero attached hydrogens (tertiary/aromatic N) is 1. The molecule has 4 heteroatoms. The molecule has 2 rings (SSSR count). The molecular weight excluding hydrogens is 188 g/mol. The van der Waals surface area contributed by atoms with Crippen LogP contribution in [0.2, 0.25) is 0 Å². The Morgan fingerprint density at radius 1 is 1.29 bits per heavy atom. The summed E-state index contributed by atoms with van der Waals surface area (Å²) in [6.45, 7) is -0.311. The van der Waals surface area contributed by atoms with E-state index in [2.05, 4.69) is 0 Å². The molecule has 74 valence electrons. The Labute approximate surface area is 79.4 Å². The fourth-order valence-corrected chi connectivity index (χ4v) is 1.50. The van der Waals surface area contributed by atoms with E-state index in [0.29, 0.717) is 5.52 Å². The second-order valence-corrected chi connectivity index (χ2v) is 3.10. The van der Waals surface area contributed by atoms with Crippen LogP contribution in [0.1, 0.15) is 0 Å². The van der Waals surface area contributed by atoms with Crippen molar-refractivity contribution in [1.29, 1.82) is 0 Å². The molecule has 1 N–H and O–H groups in total. The fraction of sp³-hybridized carbons (Fsp3) is 0.200. The van der Waals surface area contributed by atoms with Gasteiger partial charge in [-0.25, -0.2) is 8.78 Å². The van der Waals surface area contributed by atoms with Crippen molar-refractivity contribution in [1.82, 2.24) is 4.57 Å². The van der Waals surface area contributed by atoms with Crippen molar-refractivity contribution in [2.75, 3.05) is 0 Å². The number of aromatic nitrogens is 1. The number of halogens is 2. The van der Waals surface area contributed by atoms with Crippen LogP contribution in [0.3, 0.4) is 0 Å². The summed E-state index contributed by atoms with van der Waals surface area (Å²) in [7, 11) is 0. The Kier molecular flexibility index (Phi) is 2.11. The summed E-state index contributed by atoms with van der Waals surface area (Å²) in [5.74, 6) is 0.146. The molecule has 0 aliphatic carbocycles. The molecular formula is C10H9F2NO. The van der Waals surface area contributed by atoms with Crippen LogP contribution in [-0.4, -0.2) is 16.1 Å². The van der Waals surface area contributed by atoms with E-state index in [4.69, 9.17) is 5.11 Å². The van der Waals surface area contributed by atoms with Crippen LogP contribution in [0.5, 0.6) is 5.75 Å². The molecule has 0 radical (unpaired) electrons. The van der Waals surface area contributed by atoms with Crippen molar-refractivity contribution in [2.45, 2.75) is 13.0 Å². The highest BCUT2D eigenvalue weighted by atomic mass is 19.3. The number of rotatable bonds is 2. The topological polar surface area (TPSA) is 25.2 Å². The summed E-state index contributed by atoms with van der Waals surface area (Å²) in [5, 5.41) is 9.93. The van der Waals surface area contributed by atoms with E-state index in [1.807, 2.05) is 0 Å². The van der Waals surface area contributed by atoms with Crippen molar-refractivity contribution < 1.29 is 13.9 Å². The standard InChI is InChI=1S/C10H9F2NO/c11-10(12)6-13-4-3-7-5-8(14)1-2-9(7)13/h1-5,10,14H,6H2. The van der Waals surface area contributed by atoms with Crippen LogP contribution in [0, 0.1) is 0 Å². The maximum Gasteiger partial charge on any atom is 0.256 e. The van der Waals surface area contributed by atoms with Crippen molar-refractivity contribution >= 4 is 10.9 Å². The quantitative estimate of drug-likeness (QED) is 0.786. The van der Waals surface area contributed by atoms with Crippen LogP contribution >= 0.6 is 0 Å². The molecule has 1 aromatic heterocycles. The first kappa shape index (κ1) is 8.99. The van der Waals surface area contributed by atoms with Crippen LogP contribution in [0.25, 0.3) is 10.9 Å². The molecule has 0 saturated carbocycles. The number of hydrogen-bond donors (Lipinski definition) is 1. The van der Waals surface area contributed by atoms with Gasteiger partial charge in [-0.2, -0.15) is 0 Å². The molecule has 0 spiro atoms. The number of hydrogen-bond acceptors (Lipinski definition) is 1. The number of aromatic hydroxyl groups is 1. The summed E-state index contributed by atoms with van der Waals surface area (Å²) in [5.41, 5.74) is 0.711. The second kappa shape index (κ2) is 3.29. The predicted octanol–water partition coefficient (Wildman–Crippen LogP) is 2.61. The van der Waals surface area contributed by atoms with E-state index in [0.717, 1.165) is 5.39 Å². The summed E-state index contributed by atoms with van der Waals surface area (Å²) in [4.78, 5) is 0. The maximum absolute atomic E-state index is 12.1. The molecule has 2 nitrogen and oxygen atoms in total. The highest BCUT2D eigenvalue weighted by Crippen LogP contribution is 2.21. The molecule has 0 saturated heterocycles. The third-order valence-corrected chi connectivity index (χ3v) is 2.09. The average Bonchev–Trinajstić information content (AvgIpc) is 2.47. The van der Waals surface area contributed by atoms with E-state index in [1.54, 1.807) is 24.4 Å². The lowest BCUT2D eigenvalue weighted by Crippen LogP contribution is -2.04. The average molecular weight is 197 g/mol. The van der Waals surface area contributed by atoms with Gasteiger partial charge in [0, 0.05) is 17.1 Å². The minimum Gasteiger partial charge on any atom is -0.508 e. The van der Waals surface area contributed by atoms with Crippen LogP contribution in [0.4, 0.5) is 8.78 Å². The molecule has 1 heterocycles. The Balaban J connectivity index is 2.47. The van der Waals surface area contributed by atoms with Crippen molar-refractivity contribution in [2.24, 2.45) is 0 Å². The van der Waals surface area contributed by atoms with Crippen LogP contribution in [-0.2, 0) is 6.54 Å². The lowest BCUT2D eigenvalue weighted by molar-refractivity contribution is 0.128. The van der Waals surface area contributed by atoms with Gasteiger partial charge in [-0.3, -0.25) is 0 Å². The monoisotopic (exact) mass is 197 g/mol. The van der Waals surface area contributed by atoms with E-state index in [1.165, 1.54) is 10.6 Å². The Morgan fingerprint density at radius 2 is 2.07 bits per heavy atom. The van der Waals surface area contributed by atoms with E-state index in [9.17, 15) is 8.78 Å². The van der Waals surface area contributed by atoms with Crippen molar-refractivity contribution in [3.8, 4) is 5.75 Å². The first-order valence-electron chi connectivity index (χ1n) is 4.23. The minimum atomic E-state index is -2.36. The first-order valence-corrected chi connectivity index (χ1v) is 4.23. The van der Waals surface area contributed by atoms with Gasteiger partial charge in [-0.05, 0) is 24.3 Å². The number of fused-ring (bicyclic) bond motifs is 1. The number of phenolic OH excluding ortho intramolecular Hbond substituents is 1. The molecule has 0 atom stereocenters. The van der Waals surface area contributed by atoms with Gasteiger partial charge in [-0.15, -0.1) is 0 Å². The summed E-state index contributed by atoms with van der Waals surface area (Å²) in [6.07, 6.45) is -0.768. The predicted molar refractivity (Wildman–Crippen MR) is 49.6 cm³/mol. The lowest BCUT2D eigenvalue weighted by Gasteiger charge is -2.03. The van der Waals surface area contributed by atoms with Gasteiger partial charge in [0.1, 0.15) is 5.75 Å².